The Kier molecular flexibility index (Phi) is 11.6. The van der Waals surface area contributed by atoms with Crippen LogP contribution in [-0.2, 0) is 32.4 Å². The minimum atomic E-state index is -4.68. The van der Waals surface area contributed by atoms with Gasteiger partial charge in [-0.15, -0.1) is 0 Å². The van der Waals surface area contributed by atoms with Crippen molar-refractivity contribution >= 4 is 27.9 Å². The van der Waals surface area contributed by atoms with E-state index in [-0.39, 0.29) is 23.4 Å². The number of alkyl halides is 3. The summed E-state index contributed by atoms with van der Waals surface area (Å²) < 4.78 is 83.8. The van der Waals surface area contributed by atoms with E-state index in [2.05, 4.69) is 9.71 Å². The maximum atomic E-state index is 13.1. The van der Waals surface area contributed by atoms with E-state index in [4.69, 9.17) is 25.8 Å². The number of aromatic nitrogens is 1. The molecule has 0 saturated carbocycles. The van der Waals surface area contributed by atoms with Gasteiger partial charge >= 0.3 is 22.5 Å². The molecule has 3 atom stereocenters. The van der Waals surface area contributed by atoms with Crippen molar-refractivity contribution in [3.63, 3.8) is 0 Å². The number of methoxy groups -OCH3 is 1. The lowest BCUT2D eigenvalue weighted by Gasteiger charge is -2.31. The summed E-state index contributed by atoms with van der Waals surface area (Å²) >= 11 is 5.99. The average molecular weight is 584 g/mol. The predicted molar refractivity (Wildman–Crippen MR) is 132 cm³/mol. The number of hydrogen-bond acceptors (Lipinski definition) is 7. The first-order chi connectivity index (χ1) is 17.8. The van der Waals surface area contributed by atoms with Crippen molar-refractivity contribution in [2.45, 2.75) is 38.7 Å². The van der Waals surface area contributed by atoms with Crippen LogP contribution < -0.4 is 9.46 Å². The highest BCUT2D eigenvalue weighted by Gasteiger charge is 2.36. The first-order valence-corrected chi connectivity index (χ1v) is 13.1. The van der Waals surface area contributed by atoms with Crippen LogP contribution in [0.3, 0.4) is 0 Å². The van der Waals surface area contributed by atoms with Gasteiger partial charge in [-0.05, 0) is 18.6 Å². The molecule has 0 fully saturated rings. The summed E-state index contributed by atoms with van der Waals surface area (Å²) in [6.07, 6.45) is -6.94. The fourth-order valence-corrected chi connectivity index (χ4v) is 4.85. The van der Waals surface area contributed by atoms with Crippen molar-refractivity contribution in [1.82, 2.24) is 14.0 Å². The van der Waals surface area contributed by atoms with Gasteiger partial charge in [-0.1, -0.05) is 48.9 Å². The van der Waals surface area contributed by atoms with Crippen LogP contribution in [0, 0.1) is 5.92 Å². The van der Waals surface area contributed by atoms with E-state index >= 15 is 0 Å². The van der Waals surface area contributed by atoms with Crippen molar-refractivity contribution in [3.05, 3.63) is 58.7 Å². The van der Waals surface area contributed by atoms with Gasteiger partial charge in [0, 0.05) is 19.2 Å². The summed E-state index contributed by atoms with van der Waals surface area (Å²) in [5, 5.41) is 9.14. The Morgan fingerprint density at radius 3 is 2.42 bits per heavy atom. The maximum absolute atomic E-state index is 13.1. The number of amides is 1. The molecule has 0 spiro atoms. The van der Waals surface area contributed by atoms with Gasteiger partial charge in [0.1, 0.15) is 11.1 Å². The van der Waals surface area contributed by atoms with Gasteiger partial charge in [0.15, 0.2) is 0 Å². The molecule has 0 aliphatic carbocycles. The fraction of sp³-hybridized carbons (Fsp3) is 0.478. The third-order valence-corrected chi connectivity index (χ3v) is 7.06. The van der Waals surface area contributed by atoms with Gasteiger partial charge in [0.05, 0.1) is 38.0 Å². The molecule has 1 aromatic heterocycles. The SMILES string of the molecule is COCCOCC(C)C(Oc1ncc(C(F)(F)F)cc1Cl)C(C)NS(=O)(=O)N(Cc1ccccc1)C(=O)O. The number of carbonyl (C=O) groups is 1. The standard InChI is InChI=1S/C23H29ClF3N3O7S/c1-15(14-36-10-9-35-3)20(37-21-19(24)11-18(12-28-21)23(25,26)27)16(2)29-38(33,34)30(22(31)32)13-17-7-5-4-6-8-17/h4-8,11-12,15-16,20,29H,9-10,13-14H2,1-3H3,(H,31,32). The molecule has 2 aromatic rings. The van der Waals surface area contributed by atoms with Crippen LogP contribution in [-0.4, -0.2) is 68.0 Å². The monoisotopic (exact) mass is 583 g/mol. The summed E-state index contributed by atoms with van der Waals surface area (Å²) in [4.78, 5) is 15.5. The average Bonchev–Trinajstić information content (AvgIpc) is 2.83. The van der Waals surface area contributed by atoms with Crippen LogP contribution in [0.5, 0.6) is 5.88 Å². The highest BCUT2D eigenvalue weighted by molar-refractivity contribution is 7.87. The molecule has 15 heteroatoms. The number of benzene rings is 1. The first-order valence-electron chi connectivity index (χ1n) is 11.3. The first kappa shape index (κ1) is 31.6. The van der Waals surface area contributed by atoms with Crippen LogP contribution in [0.2, 0.25) is 5.02 Å². The quantitative estimate of drug-likeness (QED) is 0.317. The molecule has 38 heavy (non-hydrogen) atoms. The van der Waals surface area contributed by atoms with E-state index in [0.29, 0.717) is 24.4 Å². The van der Waals surface area contributed by atoms with E-state index in [1.165, 1.54) is 14.0 Å². The predicted octanol–water partition coefficient (Wildman–Crippen LogP) is 4.20. The van der Waals surface area contributed by atoms with Gasteiger partial charge in [-0.25, -0.2) is 9.78 Å². The van der Waals surface area contributed by atoms with E-state index in [1.807, 2.05) is 0 Å². The number of pyridine rings is 1. The Hall–Kier alpha value is -2.65. The highest BCUT2D eigenvalue weighted by atomic mass is 35.5. The largest absolute Gasteiger partial charge is 0.471 e. The molecule has 0 radical (unpaired) electrons. The molecular weight excluding hydrogens is 555 g/mol. The Balaban J connectivity index is 2.30. The molecule has 0 aliphatic heterocycles. The van der Waals surface area contributed by atoms with E-state index in [1.54, 1.807) is 37.3 Å². The normalized spacial score (nSPS) is 14.5. The second kappa shape index (κ2) is 13.9. The van der Waals surface area contributed by atoms with Crippen LogP contribution >= 0.6 is 11.6 Å². The topological polar surface area (TPSA) is 127 Å². The van der Waals surface area contributed by atoms with Crippen molar-refractivity contribution in [3.8, 4) is 5.88 Å². The minimum absolute atomic E-state index is 0.0466. The van der Waals surface area contributed by atoms with Crippen molar-refractivity contribution in [2.75, 3.05) is 26.9 Å². The molecule has 1 aromatic carbocycles. The molecule has 3 unspecified atom stereocenters. The number of hydrogen-bond donors (Lipinski definition) is 2. The molecule has 0 bridgehead atoms. The van der Waals surface area contributed by atoms with E-state index < -0.39 is 57.7 Å². The van der Waals surface area contributed by atoms with Gasteiger partial charge in [-0.3, -0.25) is 0 Å². The zero-order valence-corrected chi connectivity index (χ0v) is 22.4. The number of carboxylic acid groups (broad SMARTS) is 1. The Bertz CT molecular complexity index is 1160. The van der Waals surface area contributed by atoms with Gasteiger partial charge < -0.3 is 19.3 Å². The number of ether oxygens (including phenoxy) is 3. The lowest BCUT2D eigenvalue weighted by Crippen LogP contribution is -2.53. The van der Waals surface area contributed by atoms with Gasteiger partial charge in [-0.2, -0.15) is 30.6 Å². The zero-order valence-electron chi connectivity index (χ0n) is 20.8. The number of rotatable bonds is 14. The molecule has 1 amide bonds. The summed E-state index contributed by atoms with van der Waals surface area (Å²) in [7, 11) is -3.13. The van der Waals surface area contributed by atoms with E-state index in [9.17, 15) is 31.5 Å². The Labute approximate surface area is 223 Å². The van der Waals surface area contributed by atoms with Crippen molar-refractivity contribution in [1.29, 1.82) is 0 Å². The van der Waals surface area contributed by atoms with Crippen LogP contribution in [0.4, 0.5) is 18.0 Å². The summed E-state index contributed by atoms with van der Waals surface area (Å²) in [6, 6.07) is 7.64. The molecule has 1 heterocycles. The smallest absolute Gasteiger partial charge is 0.422 e. The third-order valence-electron chi connectivity index (χ3n) is 5.26. The molecule has 2 rings (SSSR count). The molecule has 0 aliphatic rings. The molecule has 10 nitrogen and oxygen atoms in total. The van der Waals surface area contributed by atoms with Crippen molar-refractivity contribution in [2.24, 2.45) is 5.92 Å². The van der Waals surface area contributed by atoms with Gasteiger partial charge in [0.25, 0.3) is 0 Å². The highest BCUT2D eigenvalue weighted by Crippen LogP contribution is 2.34. The van der Waals surface area contributed by atoms with Crippen LogP contribution in [0.15, 0.2) is 42.6 Å². The number of nitrogens with one attached hydrogen (secondary N) is 1. The summed E-state index contributed by atoms with van der Waals surface area (Å²) in [5.74, 6) is -0.920. The van der Waals surface area contributed by atoms with Gasteiger partial charge in [0.2, 0.25) is 5.88 Å². The molecule has 0 saturated heterocycles. The van der Waals surface area contributed by atoms with Crippen LogP contribution in [0.25, 0.3) is 0 Å². The maximum Gasteiger partial charge on any atom is 0.422 e. The number of halogens is 4. The summed E-state index contributed by atoms with van der Waals surface area (Å²) in [5.41, 5.74) is -0.657. The lowest BCUT2D eigenvalue weighted by atomic mass is 10.00. The fourth-order valence-electron chi connectivity index (χ4n) is 3.38. The Morgan fingerprint density at radius 2 is 1.87 bits per heavy atom. The second-order valence-electron chi connectivity index (χ2n) is 8.32. The van der Waals surface area contributed by atoms with E-state index in [0.717, 1.165) is 0 Å². The van der Waals surface area contributed by atoms with Crippen LogP contribution in [0.1, 0.15) is 25.0 Å². The second-order valence-corrected chi connectivity index (χ2v) is 10.4. The Morgan fingerprint density at radius 1 is 1.21 bits per heavy atom. The molecule has 212 valence electrons. The summed E-state index contributed by atoms with van der Waals surface area (Å²) in [6.45, 7) is 3.17. The molecular formula is C23H29ClF3N3O7S. The lowest BCUT2D eigenvalue weighted by molar-refractivity contribution is -0.137. The zero-order chi connectivity index (χ0) is 28.5. The molecule has 2 N–H and O–H groups in total. The third kappa shape index (κ3) is 9.27. The minimum Gasteiger partial charge on any atom is -0.471 e. The number of nitrogens with zero attached hydrogens (tertiary/aromatic N) is 2. The van der Waals surface area contributed by atoms with Crippen molar-refractivity contribution < 1.29 is 45.7 Å².